The van der Waals surface area contributed by atoms with Crippen LogP contribution < -0.4 is 5.32 Å². The molecule has 0 bridgehead atoms. The van der Waals surface area contributed by atoms with Gasteiger partial charge in [-0.05, 0) is 51.5 Å². The summed E-state index contributed by atoms with van der Waals surface area (Å²) < 4.78 is 0. The highest BCUT2D eigenvalue weighted by Crippen LogP contribution is 2.16. The Morgan fingerprint density at radius 2 is 2.15 bits per heavy atom. The van der Waals surface area contributed by atoms with Crippen LogP contribution in [0.25, 0.3) is 10.9 Å². The number of hydrogen-bond acceptors (Lipinski definition) is 5. The third kappa shape index (κ3) is 3.11. The Balaban J connectivity index is 1.57. The molecule has 1 fully saturated rings. The SMILES string of the molecule is CN1CCC(CNCc2nccc3cncnc23)CC1. The van der Waals surface area contributed by atoms with Gasteiger partial charge in [-0.3, -0.25) is 4.98 Å². The maximum atomic E-state index is 4.44. The quantitative estimate of drug-likeness (QED) is 0.912. The van der Waals surface area contributed by atoms with Crippen molar-refractivity contribution in [3.63, 3.8) is 0 Å². The highest BCUT2D eigenvalue weighted by atomic mass is 15.1. The first-order chi connectivity index (χ1) is 9.83. The van der Waals surface area contributed by atoms with E-state index in [0.717, 1.165) is 35.6 Å². The topological polar surface area (TPSA) is 53.9 Å². The fraction of sp³-hybridized carbons (Fsp3) is 0.533. The molecule has 5 nitrogen and oxygen atoms in total. The number of likely N-dealkylation sites (tertiary alicyclic amines) is 1. The van der Waals surface area contributed by atoms with Crippen molar-refractivity contribution < 1.29 is 0 Å². The minimum atomic E-state index is 0.778. The van der Waals surface area contributed by atoms with Crippen molar-refractivity contribution in [1.29, 1.82) is 0 Å². The monoisotopic (exact) mass is 271 g/mol. The standard InChI is InChI=1S/C15H21N5/c1-20-6-3-12(4-7-20)8-16-10-14-15-13(2-5-18-14)9-17-11-19-15/h2,5,9,11-12,16H,3-4,6-8,10H2,1H3. The average molecular weight is 271 g/mol. The van der Waals surface area contributed by atoms with Crippen molar-refractivity contribution >= 4 is 10.9 Å². The van der Waals surface area contributed by atoms with Gasteiger partial charge in [0.1, 0.15) is 6.33 Å². The molecule has 0 amide bonds. The number of rotatable bonds is 4. The molecule has 1 saturated heterocycles. The maximum Gasteiger partial charge on any atom is 0.116 e. The summed E-state index contributed by atoms with van der Waals surface area (Å²) in [5.41, 5.74) is 1.97. The Kier molecular flexibility index (Phi) is 4.18. The van der Waals surface area contributed by atoms with Crippen molar-refractivity contribution in [1.82, 2.24) is 25.2 Å². The van der Waals surface area contributed by atoms with Gasteiger partial charge in [0.15, 0.2) is 0 Å². The van der Waals surface area contributed by atoms with Crippen LogP contribution in [0, 0.1) is 5.92 Å². The van der Waals surface area contributed by atoms with Gasteiger partial charge in [-0.25, -0.2) is 9.97 Å². The van der Waals surface area contributed by atoms with Crippen LogP contribution in [0.5, 0.6) is 0 Å². The van der Waals surface area contributed by atoms with E-state index in [9.17, 15) is 0 Å². The zero-order valence-electron chi connectivity index (χ0n) is 11.9. The van der Waals surface area contributed by atoms with Gasteiger partial charge in [-0.15, -0.1) is 0 Å². The van der Waals surface area contributed by atoms with Crippen LogP contribution in [-0.4, -0.2) is 46.5 Å². The molecule has 20 heavy (non-hydrogen) atoms. The van der Waals surface area contributed by atoms with Gasteiger partial charge in [-0.2, -0.15) is 0 Å². The zero-order valence-corrected chi connectivity index (χ0v) is 11.9. The molecule has 5 heteroatoms. The Morgan fingerprint density at radius 1 is 1.30 bits per heavy atom. The second-order valence-corrected chi connectivity index (χ2v) is 5.60. The van der Waals surface area contributed by atoms with Gasteiger partial charge in [0, 0.05) is 24.3 Å². The first-order valence-corrected chi connectivity index (χ1v) is 7.26. The smallest absolute Gasteiger partial charge is 0.116 e. The number of fused-ring (bicyclic) bond motifs is 1. The zero-order chi connectivity index (χ0) is 13.8. The van der Waals surface area contributed by atoms with E-state index in [1.165, 1.54) is 25.9 Å². The Hall–Kier alpha value is -1.59. The van der Waals surface area contributed by atoms with Crippen molar-refractivity contribution in [2.75, 3.05) is 26.7 Å². The first kappa shape index (κ1) is 13.4. The van der Waals surface area contributed by atoms with Gasteiger partial charge in [0.2, 0.25) is 0 Å². The molecule has 1 N–H and O–H groups in total. The van der Waals surface area contributed by atoms with Gasteiger partial charge in [0.25, 0.3) is 0 Å². The van der Waals surface area contributed by atoms with E-state index >= 15 is 0 Å². The molecule has 3 heterocycles. The number of nitrogens with zero attached hydrogens (tertiary/aromatic N) is 4. The Labute approximate surface area is 119 Å². The number of piperidine rings is 1. The summed E-state index contributed by atoms with van der Waals surface area (Å²) in [7, 11) is 2.20. The van der Waals surface area contributed by atoms with Crippen LogP contribution in [0.3, 0.4) is 0 Å². The maximum absolute atomic E-state index is 4.44. The van der Waals surface area contributed by atoms with Crippen LogP contribution in [0.15, 0.2) is 24.8 Å². The largest absolute Gasteiger partial charge is 0.311 e. The van der Waals surface area contributed by atoms with E-state index in [2.05, 4.69) is 32.2 Å². The third-order valence-electron chi connectivity index (χ3n) is 4.06. The van der Waals surface area contributed by atoms with Crippen molar-refractivity contribution in [3.8, 4) is 0 Å². The fourth-order valence-corrected chi connectivity index (χ4v) is 2.76. The van der Waals surface area contributed by atoms with Crippen molar-refractivity contribution in [2.45, 2.75) is 19.4 Å². The molecular formula is C15H21N5. The number of aromatic nitrogens is 3. The predicted molar refractivity (Wildman–Crippen MR) is 79.3 cm³/mol. The highest BCUT2D eigenvalue weighted by Gasteiger charge is 2.16. The molecule has 0 spiro atoms. The summed E-state index contributed by atoms with van der Waals surface area (Å²) >= 11 is 0. The van der Waals surface area contributed by atoms with Gasteiger partial charge >= 0.3 is 0 Å². The predicted octanol–water partition coefficient (Wildman–Crippen LogP) is 1.46. The summed E-state index contributed by atoms with van der Waals surface area (Å²) in [6.07, 6.45) is 7.83. The average Bonchev–Trinajstić information content (AvgIpc) is 2.49. The summed E-state index contributed by atoms with van der Waals surface area (Å²) in [5.74, 6) is 0.788. The summed E-state index contributed by atoms with van der Waals surface area (Å²) in [6, 6.07) is 1.95. The van der Waals surface area contributed by atoms with Gasteiger partial charge < -0.3 is 10.2 Å². The van der Waals surface area contributed by atoms with E-state index in [-0.39, 0.29) is 0 Å². The molecule has 2 aromatic rings. The molecule has 106 valence electrons. The molecule has 0 saturated carbocycles. The van der Waals surface area contributed by atoms with E-state index < -0.39 is 0 Å². The molecule has 0 aliphatic carbocycles. The number of pyridine rings is 1. The molecule has 2 aromatic heterocycles. The molecule has 0 aromatic carbocycles. The molecule has 3 rings (SSSR count). The molecule has 0 atom stereocenters. The van der Waals surface area contributed by atoms with Crippen LogP contribution in [0.2, 0.25) is 0 Å². The lowest BCUT2D eigenvalue weighted by Crippen LogP contribution is -2.34. The molecule has 0 unspecified atom stereocenters. The highest BCUT2D eigenvalue weighted by molar-refractivity contribution is 5.78. The van der Waals surface area contributed by atoms with Crippen LogP contribution in [0.1, 0.15) is 18.5 Å². The lowest BCUT2D eigenvalue weighted by Gasteiger charge is -2.29. The fourth-order valence-electron chi connectivity index (χ4n) is 2.76. The summed E-state index contributed by atoms with van der Waals surface area (Å²) in [4.78, 5) is 15.2. The number of nitrogens with one attached hydrogen (secondary N) is 1. The van der Waals surface area contributed by atoms with Gasteiger partial charge in [-0.1, -0.05) is 0 Å². The summed E-state index contributed by atoms with van der Waals surface area (Å²) in [5, 5.41) is 4.59. The Morgan fingerprint density at radius 3 is 3.00 bits per heavy atom. The lowest BCUT2D eigenvalue weighted by atomic mass is 9.97. The Bertz CT molecular complexity index is 558. The first-order valence-electron chi connectivity index (χ1n) is 7.26. The number of hydrogen-bond donors (Lipinski definition) is 1. The summed E-state index contributed by atoms with van der Waals surface area (Å²) in [6.45, 7) is 4.27. The minimum Gasteiger partial charge on any atom is -0.311 e. The second kappa shape index (κ2) is 6.24. The van der Waals surface area contributed by atoms with E-state index in [1.54, 1.807) is 6.33 Å². The normalized spacial score (nSPS) is 17.6. The van der Waals surface area contributed by atoms with E-state index in [1.807, 2.05) is 18.5 Å². The molecule has 1 aliphatic heterocycles. The van der Waals surface area contributed by atoms with Crippen molar-refractivity contribution in [2.24, 2.45) is 5.92 Å². The van der Waals surface area contributed by atoms with E-state index in [4.69, 9.17) is 0 Å². The molecule has 1 aliphatic rings. The van der Waals surface area contributed by atoms with Crippen LogP contribution in [-0.2, 0) is 6.54 Å². The van der Waals surface area contributed by atoms with Gasteiger partial charge in [0.05, 0.1) is 11.2 Å². The molecule has 0 radical (unpaired) electrons. The van der Waals surface area contributed by atoms with Crippen LogP contribution >= 0.6 is 0 Å². The van der Waals surface area contributed by atoms with E-state index in [0.29, 0.717) is 0 Å². The minimum absolute atomic E-state index is 0.778. The van der Waals surface area contributed by atoms with Crippen LogP contribution in [0.4, 0.5) is 0 Å². The third-order valence-corrected chi connectivity index (χ3v) is 4.06. The van der Waals surface area contributed by atoms with Crippen molar-refractivity contribution in [3.05, 3.63) is 30.5 Å². The second-order valence-electron chi connectivity index (χ2n) is 5.60. The molecular weight excluding hydrogens is 250 g/mol. The lowest BCUT2D eigenvalue weighted by molar-refractivity contribution is 0.216.